The molecule has 0 saturated carbocycles. The number of rotatable bonds is 5. The van der Waals surface area contributed by atoms with Crippen LogP contribution in [0.2, 0.25) is 10.0 Å². The van der Waals surface area contributed by atoms with Gasteiger partial charge in [0.15, 0.2) is 5.78 Å². The number of nitrogens with one attached hydrogen (secondary N) is 2. The lowest BCUT2D eigenvalue weighted by molar-refractivity contribution is 0.0953. The van der Waals surface area contributed by atoms with Crippen molar-refractivity contribution in [1.82, 2.24) is 9.97 Å². The maximum Gasteiger partial charge on any atom is 0.229 e. The van der Waals surface area contributed by atoms with E-state index in [1.807, 2.05) is 31.2 Å². The Bertz CT molecular complexity index is 1080. The summed E-state index contributed by atoms with van der Waals surface area (Å²) in [6.45, 7) is 2.05. The number of methoxy groups -OCH3 is 1. The minimum Gasteiger partial charge on any atom is -0.497 e. The number of Topliss-reactive ketones (excluding diaryl/α,β-unsaturated/α-hetero) is 1. The molecule has 8 heteroatoms. The smallest absolute Gasteiger partial charge is 0.229 e. The summed E-state index contributed by atoms with van der Waals surface area (Å²) < 4.78 is 5.19. The molecule has 4 rings (SSSR count). The number of ketones is 1. The molecule has 0 radical (unpaired) electrons. The average molecular weight is 443 g/mol. The van der Waals surface area contributed by atoms with E-state index in [9.17, 15) is 4.79 Å². The molecule has 0 fully saturated rings. The summed E-state index contributed by atoms with van der Waals surface area (Å²) >= 11 is 12.2. The predicted octanol–water partition coefficient (Wildman–Crippen LogP) is 6.04. The molecule has 0 spiro atoms. The molecule has 3 aromatic rings. The van der Waals surface area contributed by atoms with Gasteiger partial charge in [-0.05, 0) is 54.8 Å². The van der Waals surface area contributed by atoms with Gasteiger partial charge in [-0.15, -0.1) is 0 Å². The van der Waals surface area contributed by atoms with Crippen LogP contribution < -0.4 is 15.4 Å². The standard InChI is InChI=1S/C22H20Cl2N4O2/c1-12-7-18-20(19(29)8-12)21(25-16-10-13(23)9-14(24)11-16)28-22(27-18)26-15-3-5-17(30-2)6-4-15/h3-6,9-12H,7-8H2,1-2H3,(H2,25,26,27,28). The van der Waals surface area contributed by atoms with Gasteiger partial charge in [-0.1, -0.05) is 30.1 Å². The maximum absolute atomic E-state index is 12.8. The van der Waals surface area contributed by atoms with E-state index in [-0.39, 0.29) is 11.7 Å². The first-order valence-corrected chi connectivity index (χ1v) is 10.2. The lowest BCUT2D eigenvalue weighted by Crippen LogP contribution is -2.22. The van der Waals surface area contributed by atoms with Crippen molar-refractivity contribution < 1.29 is 9.53 Å². The molecule has 2 N–H and O–H groups in total. The molecule has 6 nitrogen and oxygen atoms in total. The van der Waals surface area contributed by atoms with Gasteiger partial charge in [0.1, 0.15) is 11.6 Å². The Kier molecular flexibility index (Phi) is 5.79. The number of carbonyl (C=O) groups excluding carboxylic acids is 1. The first-order valence-electron chi connectivity index (χ1n) is 9.49. The number of benzene rings is 2. The zero-order valence-corrected chi connectivity index (χ0v) is 18.0. The first-order chi connectivity index (χ1) is 14.4. The number of carbonyl (C=O) groups is 1. The normalized spacial score (nSPS) is 15.5. The fourth-order valence-electron chi connectivity index (χ4n) is 3.48. The van der Waals surface area contributed by atoms with Crippen LogP contribution in [0.25, 0.3) is 0 Å². The van der Waals surface area contributed by atoms with Crippen molar-refractivity contribution in [2.24, 2.45) is 5.92 Å². The van der Waals surface area contributed by atoms with Gasteiger partial charge in [0.25, 0.3) is 0 Å². The first kappa shape index (κ1) is 20.4. The van der Waals surface area contributed by atoms with Crippen LogP contribution in [-0.4, -0.2) is 22.9 Å². The number of halogens is 2. The van der Waals surface area contributed by atoms with E-state index in [1.54, 1.807) is 25.3 Å². The minimum absolute atomic E-state index is 0.0235. The van der Waals surface area contributed by atoms with Gasteiger partial charge in [0.2, 0.25) is 5.95 Å². The molecular weight excluding hydrogens is 423 g/mol. The molecular formula is C22H20Cl2N4O2. The van der Waals surface area contributed by atoms with Gasteiger partial charge < -0.3 is 15.4 Å². The van der Waals surface area contributed by atoms with E-state index in [0.717, 1.165) is 17.1 Å². The largest absolute Gasteiger partial charge is 0.497 e. The van der Waals surface area contributed by atoms with Crippen molar-refractivity contribution in [2.45, 2.75) is 19.8 Å². The quantitative estimate of drug-likeness (QED) is 0.501. The second kappa shape index (κ2) is 8.50. The third-order valence-corrected chi connectivity index (χ3v) is 5.25. The molecule has 1 aliphatic rings. The highest BCUT2D eigenvalue weighted by molar-refractivity contribution is 6.35. The van der Waals surface area contributed by atoms with Gasteiger partial charge in [0.05, 0.1) is 18.4 Å². The van der Waals surface area contributed by atoms with Crippen molar-refractivity contribution in [1.29, 1.82) is 0 Å². The fraction of sp³-hybridized carbons (Fsp3) is 0.227. The Labute approximate surface area is 184 Å². The number of fused-ring (bicyclic) bond motifs is 1. The molecule has 1 aromatic heterocycles. The topological polar surface area (TPSA) is 76.1 Å². The van der Waals surface area contributed by atoms with E-state index < -0.39 is 0 Å². The molecule has 30 heavy (non-hydrogen) atoms. The van der Waals surface area contributed by atoms with Crippen LogP contribution in [0.3, 0.4) is 0 Å². The molecule has 0 aliphatic heterocycles. The van der Waals surface area contributed by atoms with E-state index in [4.69, 9.17) is 27.9 Å². The summed E-state index contributed by atoms with van der Waals surface area (Å²) in [7, 11) is 1.62. The number of nitrogens with zero attached hydrogens (tertiary/aromatic N) is 2. The van der Waals surface area contributed by atoms with Crippen LogP contribution in [0, 0.1) is 5.92 Å². The molecule has 0 bridgehead atoms. The summed E-state index contributed by atoms with van der Waals surface area (Å²) in [5, 5.41) is 7.39. The molecule has 1 aliphatic carbocycles. The molecule has 0 amide bonds. The number of aromatic nitrogens is 2. The third-order valence-electron chi connectivity index (χ3n) is 4.81. The third kappa shape index (κ3) is 4.50. The van der Waals surface area contributed by atoms with Gasteiger partial charge >= 0.3 is 0 Å². The van der Waals surface area contributed by atoms with Crippen molar-refractivity contribution in [2.75, 3.05) is 17.7 Å². The van der Waals surface area contributed by atoms with Gasteiger partial charge in [-0.2, -0.15) is 4.98 Å². The maximum atomic E-state index is 12.8. The van der Waals surface area contributed by atoms with E-state index in [1.165, 1.54) is 0 Å². The summed E-state index contributed by atoms with van der Waals surface area (Å²) in [5.74, 6) is 1.84. The molecule has 2 aromatic carbocycles. The minimum atomic E-state index is 0.0235. The van der Waals surface area contributed by atoms with E-state index >= 15 is 0 Å². The zero-order chi connectivity index (χ0) is 21.3. The summed E-state index contributed by atoms with van der Waals surface area (Å²) in [6.07, 6.45) is 1.17. The van der Waals surface area contributed by atoms with Gasteiger partial charge in [-0.3, -0.25) is 4.79 Å². The number of anilines is 4. The Hall–Kier alpha value is -2.83. The Morgan fingerprint density at radius 3 is 2.33 bits per heavy atom. The van der Waals surface area contributed by atoms with Crippen molar-refractivity contribution in [3.05, 3.63) is 63.8 Å². The monoisotopic (exact) mass is 442 g/mol. The van der Waals surface area contributed by atoms with Gasteiger partial charge in [-0.25, -0.2) is 4.98 Å². The highest BCUT2D eigenvalue weighted by Gasteiger charge is 2.28. The SMILES string of the molecule is COc1ccc(Nc2nc3c(c(Nc4cc(Cl)cc(Cl)c4)n2)C(=O)CC(C)C3)cc1. The van der Waals surface area contributed by atoms with Crippen molar-refractivity contribution >= 4 is 52.1 Å². The van der Waals surface area contributed by atoms with Crippen LogP contribution >= 0.6 is 23.2 Å². The predicted molar refractivity (Wildman–Crippen MR) is 120 cm³/mol. The highest BCUT2D eigenvalue weighted by Crippen LogP contribution is 2.33. The van der Waals surface area contributed by atoms with Crippen LogP contribution in [0.4, 0.5) is 23.1 Å². The molecule has 1 heterocycles. The lowest BCUT2D eigenvalue weighted by Gasteiger charge is -2.23. The van der Waals surface area contributed by atoms with Crippen LogP contribution in [0.5, 0.6) is 5.75 Å². The van der Waals surface area contributed by atoms with Crippen molar-refractivity contribution in [3.63, 3.8) is 0 Å². The fourth-order valence-corrected chi connectivity index (χ4v) is 4.01. The number of ether oxygens (including phenoxy) is 1. The summed E-state index contributed by atoms with van der Waals surface area (Å²) in [4.78, 5) is 22.0. The Balaban J connectivity index is 1.73. The van der Waals surface area contributed by atoms with Gasteiger partial charge in [0, 0.05) is 27.8 Å². The highest BCUT2D eigenvalue weighted by atomic mass is 35.5. The van der Waals surface area contributed by atoms with Crippen LogP contribution in [0.15, 0.2) is 42.5 Å². The second-order valence-electron chi connectivity index (χ2n) is 7.29. The Morgan fingerprint density at radius 2 is 1.67 bits per heavy atom. The zero-order valence-electron chi connectivity index (χ0n) is 16.5. The van der Waals surface area contributed by atoms with E-state index in [0.29, 0.717) is 45.9 Å². The summed E-state index contributed by atoms with van der Waals surface area (Å²) in [5.41, 5.74) is 2.70. The average Bonchev–Trinajstić information content (AvgIpc) is 2.67. The molecule has 154 valence electrons. The molecule has 0 saturated heterocycles. The number of hydrogen-bond donors (Lipinski definition) is 2. The van der Waals surface area contributed by atoms with Crippen LogP contribution in [0.1, 0.15) is 29.4 Å². The lowest BCUT2D eigenvalue weighted by atomic mass is 9.87. The number of hydrogen-bond acceptors (Lipinski definition) is 6. The van der Waals surface area contributed by atoms with Crippen molar-refractivity contribution in [3.8, 4) is 5.75 Å². The summed E-state index contributed by atoms with van der Waals surface area (Å²) in [6, 6.07) is 12.5. The molecule has 1 unspecified atom stereocenters. The van der Waals surface area contributed by atoms with Crippen LogP contribution in [-0.2, 0) is 6.42 Å². The molecule has 1 atom stereocenters. The van der Waals surface area contributed by atoms with E-state index in [2.05, 4.69) is 20.6 Å². The second-order valence-corrected chi connectivity index (χ2v) is 8.16. The Morgan fingerprint density at radius 1 is 0.967 bits per heavy atom.